The molecule has 0 radical (unpaired) electrons. The lowest BCUT2D eigenvalue weighted by Gasteiger charge is -2.38. The molecule has 2 aromatic carbocycles. The number of halogens is 1. The quantitative estimate of drug-likeness (QED) is 0.335. The Hall–Kier alpha value is -1.85. The van der Waals surface area contributed by atoms with E-state index in [2.05, 4.69) is 47.2 Å². The number of nitrogens with two attached hydrogens (primary N) is 1. The van der Waals surface area contributed by atoms with Crippen LogP contribution in [-0.4, -0.2) is 52.0 Å². The third kappa shape index (κ3) is 6.56. The summed E-state index contributed by atoms with van der Waals surface area (Å²) < 4.78 is 23.2. The molecule has 31 heavy (non-hydrogen) atoms. The Balaban J connectivity index is 0.00000341. The minimum atomic E-state index is -3.71. The van der Waals surface area contributed by atoms with Crippen LogP contribution in [0.1, 0.15) is 23.6 Å². The third-order valence-corrected chi connectivity index (χ3v) is 6.38. The van der Waals surface area contributed by atoms with Crippen LogP contribution in [-0.2, 0) is 16.6 Å². The minimum absolute atomic E-state index is 0. The van der Waals surface area contributed by atoms with Crippen LogP contribution >= 0.6 is 24.0 Å². The zero-order chi connectivity index (χ0) is 21.7. The van der Waals surface area contributed by atoms with E-state index in [0.29, 0.717) is 6.54 Å². The highest BCUT2D eigenvalue weighted by atomic mass is 127. The van der Waals surface area contributed by atoms with Crippen LogP contribution in [0.15, 0.2) is 52.4 Å². The van der Waals surface area contributed by atoms with E-state index in [1.165, 1.54) is 22.9 Å². The van der Waals surface area contributed by atoms with Crippen molar-refractivity contribution >= 4 is 45.6 Å². The van der Waals surface area contributed by atoms with E-state index >= 15 is 0 Å². The molecule has 0 aromatic heterocycles. The molecule has 0 amide bonds. The summed E-state index contributed by atoms with van der Waals surface area (Å²) in [5.41, 5.74) is 4.76. The predicted octanol–water partition coefficient (Wildman–Crippen LogP) is 2.86. The second-order valence-electron chi connectivity index (χ2n) is 7.56. The zero-order valence-electron chi connectivity index (χ0n) is 18.3. The number of hydrogen-bond donors (Lipinski definition) is 2. The summed E-state index contributed by atoms with van der Waals surface area (Å²) in [5.74, 6) is 0.846. The lowest BCUT2D eigenvalue weighted by Crippen LogP contribution is -2.52. The number of primary sulfonamides is 1. The molecule has 0 unspecified atom stereocenters. The molecule has 170 valence electrons. The molecule has 3 rings (SSSR count). The van der Waals surface area contributed by atoms with E-state index in [9.17, 15) is 8.42 Å². The van der Waals surface area contributed by atoms with Gasteiger partial charge in [0.15, 0.2) is 5.96 Å². The van der Waals surface area contributed by atoms with Gasteiger partial charge in [0.1, 0.15) is 0 Å². The average Bonchev–Trinajstić information content (AvgIpc) is 2.73. The van der Waals surface area contributed by atoms with E-state index < -0.39 is 10.0 Å². The second-order valence-corrected chi connectivity index (χ2v) is 9.12. The van der Waals surface area contributed by atoms with E-state index in [-0.39, 0.29) is 28.9 Å². The van der Waals surface area contributed by atoms with Gasteiger partial charge in [0, 0.05) is 38.4 Å². The van der Waals surface area contributed by atoms with Crippen molar-refractivity contribution in [3.05, 3.63) is 59.2 Å². The van der Waals surface area contributed by atoms with Crippen molar-refractivity contribution in [2.75, 3.05) is 37.6 Å². The van der Waals surface area contributed by atoms with Gasteiger partial charge in [-0.3, -0.25) is 0 Å². The van der Waals surface area contributed by atoms with Gasteiger partial charge in [-0.2, -0.15) is 0 Å². The maximum Gasteiger partial charge on any atom is 0.238 e. The van der Waals surface area contributed by atoms with Crippen LogP contribution in [0.4, 0.5) is 5.69 Å². The van der Waals surface area contributed by atoms with Gasteiger partial charge >= 0.3 is 0 Å². The largest absolute Gasteiger partial charge is 0.368 e. The predicted molar refractivity (Wildman–Crippen MR) is 138 cm³/mol. The number of anilines is 1. The lowest BCUT2D eigenvalue weighted by molar-refractivity contribution is 0.372. The van der Waals surface area contributed by atoms with Gasteiger partial charge in [0.2, 0.25) is 10.0 Å². The summed E-state index contributed by atoms with van der Waals surface area (Å²) >= 11 is 0. The first-order chi connectivity index (χ1) is 14.3. The number of guanidine groups is 1. The molecule has 9 heteroatoms. The summed E-state index contributed by atoms with van der Waals surface area (Å²) in [6, 6.07) is 13.1. The number of benzene rings is 2. The van der Waals surface area contributed by atoms with Crippen molar-refractivity contribution in [2.24, 2.45) is 10.1 Å². The normalized spacial score (nSPS) is 14.9. The molecule has 7 nitrogen and oxygen atoms in total. The zero-order valence-corrected chi connectivity index (χ0v) is 21.5. The molecule has 1 aliphatic rings. The maximum atomic E-state index is 11.6. The highest BCUT2D eigenvalue weighted by Crippen LogP contribution is 2.24. The second kappa shape index (κ2) is 11.1. The van der Waals surface area contributed by atoms with Crippen molar-refractivity contribution in [3.8, 4) is 0 Å². The number of sulfonamides is 1. The van der Waals surface area contributed by atoms with Gasteiger partial charge in [-0.1, -0.05) is 24.3 Å². The van der Waals surface area contributed by atoms with Crippen molar-refractivity contribution in [1.82, 2.24) is 10.2 Å². The molecule has 1 saturated heterocycles. The Bertz CT molecular complexity index is 1020. The van der Waals surface area contributed by atoms with Crippen LogP contribution in [0, 0.1) is 13.8 Å². The summed E-state index contributed by atoms with van der Waals surface area (Å²) in [6.07, 6.45) is 0. The van der Waals surface area contributed by atoms with Gasteiger partial charge in [0.05, 0.1) is 11.4 Å². The first-order valence-corrected chi connectivity index (χ1v) is 11.8. The molecule has 0 spiro atoms. The molecule has 0 atom stereocenters. The fourth-order valence-corrected chi connectivity index (χ4v) is 4.23. The Morgan fingerprint density at radius 1 is 1.10 bits per heavy atom. The summed E-state index contributed by atoms with van der Waals surface area (Å²) in [6.45, 7) is 11.1. The minimum Gasteiger partial charge on any atom is -0.368 e. The molecule has 0 bridgehead atoms. The number of nitrogens with one attached hydrogen (secondary N) is 1. The molecule has 2 aromatic rings. The fourth-order valence-electron chi connectivity index (χ4n) is 3.65. The number of rotatable bonds is 5. The number of piperazine rings is 1. The molecule has 1 fully saturated rings. The number of nitrogens with zero attached hydrogens (tertiary/aromatic N) is 3. The van der Waals surface area contributed by atoms with Crippen molar-refractivity contribution in [2.45, 2.75) is 32.2 Å². The van der Waals surface area contributed by atoms with E-state index in [0.717, 1.165) is 44.2 Å². The molecule has 0 aliphatic carbocycles. The smallest absolute Gasteiger partial charge is 0.238 e. The van der Waals surface area contributed by atoms with Crippen LogP contribution in [0.2, 0.25) is 0 Å². The number of aryl methyl sites for hydroxylation is 1. The molecule has 1 aliphatic heterocycles. The van der Waals surface area contributed by atoms with Crippen LogP contribution in [0.25, 0.3) is 0 Å². The SMILES string of the molecule is CCNC(=NCc1cccc(S(N)(=O)=O)c1)N1CCN(c2cccc(C)c2C)CC1.I. The van der Waals surface area contributed by atoms with Crippen LogP contribution in [0.3, 0.4) is 0 Å². The van der Waals surface area contributed by atoms with Crippen LogP contribution in [0.5, 0.6) is 0 Å². The van der Waals surface area contributed by atoms with Crippen molar-refractivity contribution in [3.63, 3.8) is 0 Å². The van der Waals surface area contributed by atoms with E-state index in [1.807, 2.05) is 13.0 Å². The van der Waals surface area contributed by atoms with Gasteiger partial charge in [-0.15, -0.1) is 24.0 Å². The summed E-state index contributed by atoms with van der Waals surface area (Å²) in [4.78, 5) is 9.54. The van der Waals surface area contributed by atoms with Crippen LogP contribution < -0.4 is 15.4 Å². The monoisotopic (exact) mass is 557 g/mol. The molecule has 3 N–H and O–H groups in total. The van der Waals surface area contributed by atoms with Gasteiger partial charge in [0.25, 0.3) is 0 Å². The molecular formula is C22H32IN5O2S. The maximum absolute atomic E-state index is 11.6. The lowest BCUT2D eigenvalue weighted by atomic mass is 10.1. The molecule has 0 saturated carbocycles. The Morgan fingerprint density at radius 2 is 1.77 bits per heavy atom. The number of aliphatic imine (C=N–C) groups is 1. The van der Waals surface area contributed by atoms with Crippen molar-refractivity contribution in [1.29, 1.82) is 0 Å². The van der Waals surface area contributed by atoms with Gasteiger partial charge in [-0.25, -0.2) is 18.5 Å². The fraction of sp³-hybridized carbons (Fsp3) is 0.409. The first-order valence-electron chi connectivity index (χ1n) is 10.3. The highest BCUT2D eigenvalue weighted by molar-refractivity contribution is 14.0. The average molecular weight is 558 g/mol. The highest BCUT2D eigenvalue weighted by Gasteiger charge is 2.21. The topological polar surface area (TPSA) is 91.0 Å². The van der Waals surface area contributed by atoms with E-state index in [4.69, 9.17) is 10.1 Å². The Morgan fingerprint density at radius 3 is 2.42 bits per heavy atom. The standard InChI is InChI=1S/C22H31N5O2S.HI/c1-4-24-22(25-16-19-8-6-9-20(15-19)30(23,28)29)27-13-11-26(12-14-27)21-10-5-7-17(2)18(21)3;/h5-10,15H,4,11-14,16H2,1-3H3,(H,24,25)(H2,23,28,29);1H. The van der Waals surface area contributed by atoms with E-state index in [1.54, 1.807) is 12.1 Å². The first kappa shape index (κ1) is 25.4. The molecular weight excluding hydrogens is 525 g/mol. The third-order valence-electron chi connectivity index (χ3n) is 5.47. The Kier molecular flexibility index (Phi) is 9.14. The van der Waals surface area contributed by atoms with Crippen molar-refractivity contribution < 1.29 is 8.42 Å². The van der Waals surface area contributed by atoms with Gasteiger partial charge in [-0.05, 0) is 55.7 Å². The molecule has 1 heterocycles. The Labute approximate surface area is 202 Å². The number of hydrogen-bond acceptors (Lipinski definition) is 4. The van der Waals surface area contributed by atoms with Gasteiger partial charge < -0.3 is 15.1 Å². The summed E-state index contributed by atoms with van der Waals surface area (Å²) in [7, 11) is -3.71. The summed E-state index contributed by atoms with van der Waals surface area (Å²) in [5, 5.41) is 8.60.